The molecule has 0 fully saturated rings. The first kappa shape index (κ1) is 14.2. The average molecular weight is 290 g/mol. The lowest BCUT2D eigenvalue weighted by molar-refractivity contribution is 0.254. The van der Waals surface area contributed by atoms with Crippen LogP contribution in [-0.4, -0.2) is 13.1 Å². The highest BCUT2D eigenvalue weighted by Gasteiger charge is 1.99. The zero-order valence-electron chi connectivity index (χ0n) is 11.1. The maximum Gasteiger partial charge on any atom is 0.318 e. The molecule has 104 valence electrons. The topological polar surface area (TPSA) is 53.2 Å². The van der Waals surface area contributed by atoms with Crippen LogP contribution in [0.5, 0.6) is 0 Å². The number of carbonyl (C=O) groups is 1. The van der Waals surface area contributed by atoms with Crippen molar-refractivity contribution in [1.82, 2.24) is 5.32 Å². The molecule has 2 aromatic rings. The van der Waals surface area contributed by atoms with Crippen LogP contribution in [0.4, 0.5) is 16.2 Å². The van der Waals surface area contributed by atoms with Crippen molar-refractivity contribution in [2.75, 3.05) is 17.7 Å². The molecule has 0 saturated carbocycles. The van der Waals surface area contributed by atoms with E-state index in [1.165, 1.54) is 0 Å². The Balaban J connectivity index is 1.92. The second kappa shape index (κ2) is 6.82. The molecule has 2 amide bonds. The molecule has 0 aromatic heterocycles. The third-order valence-electron chi connectivity index (χ3n) is 2.76. The molecule has 20 heavy (non-hydrogen) atoms. The molecular weight excluding hydrogens is 274 g/mol. The fraction of sp³-hybridized carbons (Fsp3) is 0.133. The van der Waals surface area contributed by atoms with Gasteiger partial charge in [-0.15, -0.1) is 0 Å². The van der Waals surface area contributed by atoms with Crippen molar-refractivity contribution in [3.63, 3.8) is 0 Å². The van der Waals surface area contributed by atoms with Crippen LogP contribution < -0.4 is 16.0 Å². The van der Waals surface area contributed by atoms with Gasteiger partial charge in [-0.1, -0.05) is 23.7 Å². The van der Waals surface area contributed by atoms with E-state index in [4.69, 9.17) is 11.6 Å². The van der Waals surface area contributed by atoms with Gasteiger partial charge in [0.25, 0.3) is 0 Å². The van der Waals surface area contributed by atoms with Crippen molar-refractivity contribution in [1.29, 1.82) is 0 Å². The third kappa shape index (κ3) is 4.17. The predicted octanol–water partition coefficient (Wildman–Crippen LogP) is 3.70. The number of hydrogen-bond donors (Lipinski definition) is 3. The van der Waals surface area contributed by atoms with E-state index in [-0.39, 0.29) is 6.03 Å². The highest BCUT2D eigenvalue weighted by molar-refractivity contribution is 6.30. The Morgan fingerprint density at radius 3 is 2.45 bits per heavy atom. The smallest absolute Gasteiger partial charge is 0.318 e. The van der Waals surface area contributed by atoms with E-state index in [9.17, 15) is 4.79 Å². The summed E-state index contributed by atoms with van der Waals surface area (Å²) in [5.41, 5.74) is 2.84. The zero-order chi connectivity index (χ0) is 14.4. The number of halogens is 1. The standard InChI is InChI=1S/C15H16ClN3O/c1-17-15(20)19-14-7-5-13(6-8-14)18-10-11-3-2-4-12(16)9-11/h2-9,18H,10H2,1H3,(H2,17,19,20). The van der Waals surface area contributed by atoms with Crippen LogP contribution in [-0.2, 0) is 6.54 Å². The van der Waals surface area contributed by atoms with Gasteiger partial charge in [0.05, 0.1) is 0 Å². The van der Waals surface area contributed by atoms with Gasteiger partial charge in [0.1, 0.15) is 0 Å². The fourth-order valence-corrected chi connectivity index (χ4v) is 1.93. The minimum absolute atomic E-state index is 0.232. The number of carbonyl (C=O) groups excluding carboxylic acids is 1. The molecule has 2 rings (SSSR count). The van der Waals surface area contributed by atoms with Crippen LogP contribution in [0.15, 0.2) is 48.5 Å². The van der Waals surface area contributed by atoms with Gasteiger partial charge in [-0.25, -0.2) is 4.79 Å². The lowest BCUT2D eigenvalue weighted by atomic mass is 10.2. The molecule has 3 N–H and O–H groups in total. The zero-order valence-corrected chi connectivity index (χ0v) is 11.9. The van der Waals surface area contributed by atoms with Crippen LogP contribution in [0.3, 0.4) is 0 Å². The first-order chi connectivity index (χ1) is 9.67. The number of rotatable bonds is 4. The Labute approximate surface area is 123 Å². The van der Waals surface area contributed by atoms with Crippen molar-refractivity contribution in [3.05, 3.63) is 59.1 Å². The summed E-state index contributed by atoms with van der Waals surface area (Å²) < 4.78 is 0. The van der Waals surface area contributed by atoms with Gasteiger partial charge in [-0.05, 0) is 42.0 Å². The van der Waals surface area contributed by atoms with Crippen molar-refractivity contribution in [2.24, 2.45) is 0 Å². The van der Waals surface area contributed by atoms with Crippen molar-refractivity contribution >= 4 is 29.0 Å². The Morgan fingerprint density at radius 2 is 1.80 bits per heavy atom. The van der Waals surface area contributed by atoms with E-state index in [0.717, 1.165) is 22.0 Å². The SMILES string of the molecule is CNC(=O)Nc1ccc(NCc2cccc(Cl)c2)cc1. The maximum absolute atomic E-state index is 11.2. The van der Waals surface area contributed by atoms with Gasteiger partial charge in [0, 0.05) is 30.0 Å². The molecule has 0 bridgehead atoms. The number of hydrogen-bond acceptors (Lipinski definition) is 2. The summed E-state index contributed by atoms with van der Waals surface area (Å²) in [6.45, 7) is 0.697. The van der Waals surface area contributed by atoms with Crippen LogP contribution in [0.1, 0.15) is 5.56 Å². The first-order valence-corrected chi connectivity index (χ1v) is 6.62. The van der Waals surface area contributed by atoms with E-state index in [0.29, 0.717) is 6.54 Å². The molecule has 0 saturated heterocycles. The number of nitrogens with one attached hydrogen (secondary N) is 3. The van der Waals surface area contributed by atoms with E-state index in [1.807, 2.05) is 48.5 Å². The van der Waals surface area contributed by atoms with Crippen LogP contribution in [0.25, 0.3) is 0 Å². The van der Waals surface area contributed by atoms with Gasteiger partial charge in [0.15, 0.2) is 0 Å². The summed E-state index contributed by atoms with van der Waals surface area (Å²) in [7, 11) is 1.58. The fourth-order valence-electron chi connectivity index (χ4n) is 1.72. The Morgan fingerprint density at radius 1 is 1.10 bits per heavy atom. The minimum atomic E-state index is -0.232. The van der Waals surface area contributed by atoms with Crippen molar-refractivity contribution in [2.45, 2.75) is 6.54 Å². The molecule has 0 heterocycles. The van der Waals surface area contributed by atoms with Gasteiger partial charge in [0.2, 0.25) is 0 Å². The highest BCUT2D eigenvalue weighted by Crippen LogP contribution is 2.16. The van der Waals surface area contributed by atoms with Crippen LogP contribution in [0, 0.1) is 0 Å². The summed E-state index contributed by atoms with van der Waals surface area (Å²) in [6.07, 6.45) is 0. The second-order valence-corrected chi connectivity index (χ2v) is 4.70. The Bertz CT molecular complexity index is 584. The van der Waals surface area contributed by atoms with E-state index < -0.39 is 0 Å². The summed E-state index contributed by atoms with van der Waals surface area (Å²) in [4.78, 5) is 11.2. The second-order valence-electron chi connectivity index (χ2n) is 4.26. The van der Waals surface area contributed by atoms with Crippen LogP contribution >= 0.6 is 11.6 Å². The quantitative estimate of drug-likeness (QED) is 0.804. The average Bonchev–Trinajstić information content (AvgIpc) is 2.46. The first-order valence-electron chi connectivity index (χ1n) is 6.24. The molecule has 0 aliphatic rings. The maximum atomic E-state index is 11.2. The molecule has 0 unspecified atom stereocenters. The highest BCUT2D eigenvalue weighted by atomic mass is 35.5. The molecular formula is C15H16ClN3O. The molecule has 0 aliphatic heterocycles. The van der Waals surface area contributed by atoms with Gasteiger partial charge < -0.3 is 16.0 Å². The number of amides is 2. The van der Waals surface area contributed by atoms with Crippen LogP contribution in [0.2, 0.25) is 5.02 Å². The predicted molar refractivity (Wildman–Crippen MR) is 83.3 cm³/mol. The van der Waals surface area contributed by atoms with Crippen molar-refractivity contribution in [3.8, 4) is 0 Å². The van der Waals surface area contributed by atoms with Gasteiger partial charge in [-0.3, -0.25) is 0 Å². The summed E-state index contributed by atoms with van der Waals surface area (Å²) in [5, 5.41) is 9.23. The molecule has 2 aromatic carbocycles. The molecule has 0 radical (unpaired) electrons. The van der Waals surface area contributed by atoms with E-state index in [2.05, 4.69) is 16.0 Å². The number of benzene rings is 2. The Hall–Kier alpha value is -2.20. The Kier molecular flexibility index (Phi) is 4.85. The molecule has 0 atom stereocenters. The van der Waals surface area contributed by atoms with E-state index in [1.54, 1.807) is 7.05 Å². The number of anilines is 2. The monoisotopic (exact) mass is 289 g/mol. The third-order valence-corrected chi connectivity index (χ3v) is 2.99. The minimum Gasteiger partial charge on any atom is -0.381 e. The van der Waals surface area contributed by atoms with Gasteiger partial charge >= 0.3 is 6.03 Å². The lowest BCUT2D eigenvalue weighted by Crippen LogP contribution is -2.24. The lowest BCUT2D eigenvalue weighted by Gasteiger charge is -2.08. The molecule has 5 heteroatoms. The molecule has 0 spiro atoms. The summed E-state index contributed by atoms with van der Waals surface area (Å²) in [5.74, 6) is 0. The molecule has 4 nitrogen and oxygen atoms in total. The summed E-state index contributed by atoms with van der Waals surface area (Å²) >= 11 is 5.94. The van der Waals surface area contributed by atoms with E-state index >= 15 is 0 Å². The van der Waals surface area contributed by atoms with Gasteiger partial charge in [-0.2, -0.15) is 0 Å². The normalized spacial score (nSPS) is 9.90. The molecule has 0 aliphatic carbocycles. The largest absolute Gasteiger partial charge is 0.381 e. The van der Waals surface area contributed by atoms with Crippen molar-refractivity contribution < 1.29 is 4.79 Å². The number of urea groups is 1. The summed E-state index contributed by atoms with van der Waals surface area (Å²) in [6, 6.07) is 15.0.